The summed E-state index contributed by atoms with van der Waals surface area (Å²) >= 11 is 0. The number of benzene rings is 2. The van der Waals surface area contributed by atoms with Crippen LogP contribution >= 0.6 is 0 Å². The number of ether oxygens (including phenoxy) is 1. The predicted octanol–water partition coefficient (Wildman–Crippen LogP) is 5.06. The van der Waals surface area contributed by atoms with Gasteiger partial charge in [-0.1, -0.05) is 30.3 Å². The van der Waals surface area contributed by atoms with Crippen molar-refractivity contribution in [3.05, 3.63) is 71.9 Å². The Kier molecular flexibility index (Phi) is 5.81. The van der Waals surface area contributed by atoms with Gasteiger partial charge in [0.1, 0.15) is 5.82 Å². The molecule has 1 aliphatic rings. The van der Waals surface area contributed by atoms with Gasteiger partial charge in [0.05, 0.1) is 5.56 Å². The van der Waals surface area contributed by atoms with E-state index in [1.54, 1.807) is 6.20 Å². The minimum atomic E-state index is -0.0872. The van der Waals surface area contributed by atoms with Crippen LogP contribution in [-0.4, -0.2) is 29.0 Å². The lowest BCUT2D eigenvalue weighted by Gasteiger charge is -2.22. The highest BCUT2D eigenvalue weighted by molar-refractivity contribution is 5.99. The van der Waals surface area contributed by atoms with Gasteiger partial charge < -0.3 is 15.4 Å². The lowest BCUT2D eigenvalue weighted by Crippen LogP contribution is -2.14. The number of carbonyl (C=O) groups excluding carboxylic acids is 1. The van der Waals surface area contributed by atoms with Crippen LogP contribution in [0.4, 0.5) is 23.1 Å². The van der Waals surface area contributed by atoms with Crippen molar-refractivity contribution >= 4 is 28.9 Å². The first-order chi connectivity index (χ1) is 14.2. The summed E-state index contributed by atoms with van der Waals surface area (Å²) in [5.41, 5.74) is 3.55. The molecule has 0 spiro atoms. The van der Waals surface area contributed by atoms with Crippen molar-refractivity contribution in [1.82, 2.24) is 9.97 Å². The molecule has 1 aliphatic heterocycles. The van der Waals surface area contributed by atoms with Gasteiger partial charge in [0, 0.05) is 30.8 Å². The Hall–Kier alpha value is -3.25. The van der Waals surface area contributed by atoms with E-state index in [4.69, 9.17) is 4.74 Å². The fraction of sp³-hybridized carbons (Fsp3) is 0.261. The molecule has 2 N–H and O–H groups in total. The van der Waals surface area contributed by atoms with Crippen LogP contribution in [0.25, 0.3) is 0 Å². The van der Waals surface area contributed by atoms with Gasteiger partial charge in [-0.2, -0.15) is 4.98 Å². The molecule has 6 nitrogen and oxygen atoms in total. The van der Waals surface area contributed by atoms with E-state index in [0.29, 0.717) is 23.2 Å². The second-order valence-electron chi connectivity index (χ2n) is 7.14. The molecule has 0 atom stereocenters. The third kappa shape index (κ3) is 4.78. The van der Waals surface area contributed by atoms with Crippen LogP contribution in [0.5, 0.6) is 0 Å². The summed E-state index contributed by atoms with van der Waals surface area (Å²) in [6, 6.07) is 18.0. The average Bonchev–Trinajstić information content (AvgIpc) is 2.76. The third-order valence-corrected chi connectivity index (χ3v) is 5.06. The highest BCUT2D eigenvalue weighted by Gasteiger charge is 2.16. The third-order valence-electron chi connectivity index (χ3n) is 5.06. The van der Waals surface area contributed by atoms with Gasteiger partial charge in [0.2, 0.25) is 5.95 Å². The van der Waals surface area contributed by atoms with Crippen LogP contribution in [-0.2, 0) is 4.74 Å². The molecule has 1 aromatic heterocycles. The van der Waals surface area contributed by atoms with Crippen LogP contribution in [0.15, 0.2) is 60.8 Å². The Morgan fingerprint density at radius 2 is 1.66 bits per heavy atom. The first-order valence-corrected chi connectivity index (χ1v) is 9.84. The summed E-state index contributed by atoms with van der Waals surface area (Å²) in [6.07, 6.45) is 3.69. The zero-order chi connectivity index (χ0) is 20.1. The molecule has 0 unspecified atom stereocenters. The quantitative estimate of drug-likeness (QED) is 0.575. The Balaban J connectivity index is 1.52. The topological polar surface area (TPSA) is 76.1 Å². The number of hydrogen-bond donors (Lipinski definition) is 2. The predicted molar refractivity (Wildman–Crippen MR) is 114 cm³/mol. The minimum Gasteiger partial charge on any atom is -0.381 e. The average molecular weight is 388 g/mol. The van der Waals surface area contributed by atoms with Gasteiger partial charge in [-0.3, -0.25) is 4.79 Å². The largest absolute Gasteiger partial charge is 0.381 e. The van der Waals surface area contributed by atoms with Crippen LogP contribution in [0.3, 0.4) is 0 Å². The normalized spacial score (nSPS) is 14.4. The molecule has 0 amide bonds. The maximum atomic E-state index is 12.0. The summed E-state index contributed by atoms with van der Waals surface area (Å²) < 4.78 is 5.45. The Morgan fingerprint density at radius 1 is 0.966 bits per heavy atom. The van der Waals surface area contributed by atoms with E-state index in [9.17, 15) is 4.79 Å². The molecular formula is C23H24N4O2. The molecule has 0 aliphatic carbocycles. The number of nitrogens with zero attached hydrogens (tertiary/aromatic N) is 2. The number of carbonyl (C=O) groups is 1. The Labute approximate surface area is 170 Å². The smallest absolute Gasteiger partial charge is 0.229 e. The molecule has 6 heteroatoms. The van der Waals surface area contributed by atoms with Crippen LogP contribution in [0, 0.1) is 0 Å². The van der Waals surface area contributed by atoms with E-state index in [1.165, 1.54) is 12.5 Å². The van der Waals surface area contributed by atoms with Crippen LogP contribution in [0.2, 0.25) is 0 Å². The van der Waals surface area contributed by atoms with E-state index in [1.807, 2.05) is 42.5 Å². The highest BCUT2D eigenvalue weighted by Crippen LogP contribution is 2.28. The van der Waals surface area contributed by atoms with E-state index in [2.05, 4.69) is 32.7 Å². The molecule has 1 fully saturated rings. The number of ketones is 1. The number of anilines is 4. The molecule has 29 heavy (non-hydrogen) atoms. The Morgan fingerprint density at radius 3 is 2.34 bits per heavy atom. The molecule has 4 rings (SSSR count). The summed E-state index contributed by atoms with van der Waals surface area (Å²) in [4.78, 5) is 20.8. The fourth-order valence-electron chi connectivity index (χ4n) is 3.45. The van der Waals surface area contributed by atoms with Crippen molar-refractivity contribution in [3.63, 3.8) is 0 Å². The highest BCUT2D eigenvalue weighted by atomic mass is 16.5. The summed E-state index contributed by atoms with van der Waals surface area (Å²) in [7, 11) is 0. The molecule has 2 heterocycles. The zero-order valence-corrected chi connectivity index (χ0v) is 16.4. The number of para-hydroxylation sites is 1. The lowest BCUT2D eigenvalue weighted by molar-refractivity contribution is 0.0853. The number of Topliss-reactive ketones (excluding diaryl/α,β-unsaturated/α-hetero) is 1. The van der Waals surface area contributed by atoms with Crippen molar-refractivity contribution in [2.75, 3.05) is 23.8 Å². The molecule has 0 bridgehead atoms. The molecule has 0 saturated carbocycles. The molecule has 3 aromatic rings. The maximum Gasteiger partial charge on any atom is 0.229 e. The first-order valence-electron chi connectivity index (χ1n) is 9.84. The van der Waals surface area contributed by atoms with Gasteiger partial charge in [-0.15, -0.1) is 0 Å². The number of aromatic nitrogens is 2. The summed E-state index contributed by atoms with van der Waals surface area (Å²) in [5.74, 6) is 1.40. The van der Waals surface area contributed by atoms with Crippen molar-refractivity contribution in [1.29, 1.82) is 0 Å². The minimum absolute atomic E-state index is 0.0872. The second kappa shape index (κ2) is 8.84. The fourth-order valence-corrected chi connectivity index (χ4v) is 3.45. The second-order valence-corrected chi connectivity index (χ2v) is 7.14. The van der Waals surface area contributed by atoms with Gasteiger partial charge in [0.25, 0.3) is 0 Å². The van der Waals surface area contributed by atoms with Crippen molar-refractivity contribution < 1.29 is 9.53 Å². The standard InChI is InChI=1S/C23H24N4O2/c1-16(28)21-15-24-23(27-22(21)25-19-5-3-2-4-6-19)26-20-9-7-17(8-10-20)18-11-13-29-14-12-18/h2-10,15,18H,11-14H2,1H3,(H2,24,25,26,27). The SMILES string of the molecule is CC(=O)c1cnc(Nc2ccc(C3CCOCC3)cc2)nc1Nc1ccccc1. The maximum absolute atomic E-state index is 12.0. The molecular weight excluding hydrogens is 364 g/mol. The van der Waals surface area contributed by atoms with E-state index >= 15 is 0 Å². The van der Waals surface area contributed by atoms with E-state index in [-0.39, 0.29) is 5.78 Å². The summed E-state index contributed by atoms with van der Waals surface area (Å²) in [6.45, 7) is 3.17. The van der Waals surface area contributed by atoms with Gasteiger partial charge >= 0.3 is 0 Å². The molecule has 148 valence electrons. The van der Waals surface area contributed by atoms with Crippen LogP contribution < -0.4 is 10.6 Å². The molecule has 2 aromatic carbocycles. The van der Waals surface area contributed by atoms with E-state index in [0.717, 1.165) is 37.4 Å². The summed E-state index contributed by atoms with van der Waals surface area (Å²) in [5, 5.41) is 6.44. The van der Waals surface area contributed by atoms with E-state index < -0.39 is 0 Å². The molecule has 0 radical (unpaired) electrons. The molecule has 1 saturated heterocycles. The number of nitrogens with one attached hydrogen (secondary N) is 2. The van der Waals surface area contributed by atoms with Crippen molar-refractivity contribution in [2.45, 2.75) is 25.7 Å². The monoisotopic (exact) mass is 388 g/mol. The first kappa shape index (κ1) is 19.1. The van der Waals surface area contributed by atoms with Gasteiger partial charge in [0.15, 0.2) is 5.78 Å². The van der Waals surface area contributed by atoms with Crippen LogP contribution in [0.1, 0.15) is 41.6 Å². The van der Waals surface area contributed by atoms with Gasteiger partial charge in [-0.25, -0.2) is 4.98 Å². The number of hydrogen-bond acceptors (Lipinski definition) is 6. The zero-order valence-electron chi connectivity index (χ0n) is 16.4. The van der Waals surface area contributed by atoms with Crippen molar-refractivity contribution in [2.24, 2.45) is 0 Å². The van der Waals surface area contributed by atoms with Gasteiger partial charge in [-0.05, 0) is 55.5 Å². The Bertz CT molecular complexity index is 968. The van der Waals surface area contributed by atoms with Crippen molar-refractivity contribution in [3.8, 4) is 0 Å². The lowest BCUT2D eigenvalue weighted by atomic mass is 9.92. The number of rotatable bonds is 6.